The van der Waals surface area contributed by atoms with Crippen LogP contribution in [0.2, 0.25) is 0 Å². The van der Waals surface area contributed by atoms with Gasteiger partial charge in [0.05, 0.1) is 66.5 Å². The number of halogens is 4. The smallest absolute Gasteiger partial charge is 0.303 e. The van der Waals surface area contributed by atoms with Gasteiger partial charge in [-0.15, -0.1) is 0 Å². The average Bonchev–Trinajstić information content (AvgIpc) is 0.819. The van der Waals surface area contributed by atoms with Crippen LogP contribution in [0.3, 0.4) is 0 Å². The van der Waals surface area contributed by atoms with Gasteiger partial charge in [0, 0.05) is 82.5 Å². The summed E-state index contributed by atoms with van der Waals surface area (Å²) in [6.07, 6.45) is 0.234. The number of anilines is 5. The molecule has 10 aromatic carbocycles. The third-order valence-corrected chi connectivity index (χ3v) is 18.1. The van der Waals surface area contributed by atoms with Crippen LogP contribution < -0.4 is 55.6 Å². The second-order valence-electron chi connectivity index (χ2n) is 24.1. The van der Waals surface area contributed by atoms with Crippen molar-refractivity contribution in [1.82, 2.24) is 49.8 Å². The number of nitrogen functional groups attached to an aromatic ring is 3. The van der Waals surface area contributed by atoms with Crippen LogP contribution >= 0.6 is 63.7 Å². The molecule has 0 aliphatic carbocycles. The SMILES string of the molecule is CC(=O)Nc1ccc(Br)cc1-c1nc2ccccc2[nH]c1=O.Cc1ccc(N)c(-c2nc3ccccc3[nH]c2=O)c1.Cc1ccc2nc(-c3cc(Br)ccc3N)c(=O)[nH]c2c1.Nc1ccc(Br)cc1-c1nc2ccccc2[nH]c1=O.O=C(O)CCCC(=O)Nc1ccc(Br)cc1-c1nc2ccccc2[nH]c1=O. The van der Waals surface area contributed by atoms with E-state index in [2.05, 4.69) is 124 Å². The molecule has 0 aliphatic rings. The van der Waals surface area contributed by atoms with Crippen LogP contribution in [0.4, 0.5) is 28.4 Å². The highest BCUT2D eigenvalue weighted by Crippen LogP contribution is 2.33. The van der Waals surface area contributed by atoms with Crippen molar-refractivity contribution >= 4 is 165 Å². The number of carbonyl (C=O) groups is 3. The Balaban J connectivity index is 0.000000134. The van der Waals surface area contributed by atoms with E-state index in [9.17, 15) is 38.4 Å². The number of nitrogens with one attached hydrogen (secondary N) is 7. The molecule has 0 atom stereocenters. The van der Waals surface area contributed by atoms with Crippen molar-refractivity contribution in [3.8, 4) is 56.3 Å². The normalized spacial score (nSPS) is 10.8. The summed E-state index contributed by atoms with van der Waals surface area (Å²) in [6, 6.07) is 61.8. The van der Waals surface area contributed by atoms with Crippen molar-refractivity contribution in [2.45, 2.75) is 40.0 Å². The summed E-state index contributed by atoms with van der Waals surface area (Å²) < 4.78 is 3.24. The van der Waals surface area contributed by atoms with E-state index in [0.717, 1.165) is 56.6 Å². The number of hydrogen-bond acceptors (Lipinski definition) is 16. The summed E-state index contributed by atoms with van der Waals surface area (Å²) in [5.74, 6) is -1.48. The molecule has 0 radical (unpaired) electrons. The number of carbonyl (C=O) groups excluding carboxylic acids is 2. The molecule has 2 amide bonds. The van der Waals surface area contributed by atoms with E-state index in [0.29, 0.717) is 101 Å². The molecular formula is C79H63Br4N15O9. The second kappa shape index (κ2) is 34.0. The van der Waals surface area contributed by atoms with E-state index in [4.69, 9.17) is 22.3 Å². The number of para-hydroxylation sites is 8. The lowest BCUT2D eigenvalue weighted by Gasteiger charge is -2.11. The van der Waals surface area contributed by atoms with Crippen LogP contribution in [-0.4, -0.2) is 72.7 Å². The maximum absolute atomic E-state index is 12.5. The second-order valence-corrected chi connectivity index (χ2v) is 27.7. The average molecular weight is 1690 g/mol. The van der Waals surface area contributed by atoms with Crippen LogP contribution in [0.25, 0.3) is 111 Å². The van der Waals surface area contributed by atoms with Gasteiger partial charge in [-0.3, -0.25) is 38.4 Å². The van der Waals surface area contributed by atoms with Crippen molar-refractivity contribution in [3.05, 3.63) is 287 Å². The summed E-state index contributed by atoms with van der Waals surface area (Å²) in [4.78, 5) is 132. The zero-order valence-electron chi connectivity index (χ0n) is 56.9. The summed E-state index contributed by atoms with van der Waals surface area (Å²) in [5.41, 5.74) is 32.6. The van der Waals surface area contributed by atoms with Crippen molar-refractivity contribution in [1.29, 1.82) is 0 Å². The van der Waals surface area contributed by atoms with Crippen molar-refractivity contribution < 1.29 is 19.5 Å². The number of nitrogens with two attached hydrogens (primary N) is 3. The number of aromatic amines is 5. The minimum atomic E-state index is -0.945. The van der Waals surface area contributed by atoms with Crippen LogP contribution in [-0.2, 0) is 14.4 Å². The summed E-state index contributed by atoms with van der Waals surface area (Å²) in [5, 5.41) is 14.1. The number of benzene rings is 10. The third kappa shape index (κ3) is 19.0. The van der Waals surface area contributed by atoms with E-state index < -0.39 is 5.97 Å². The molecular weight excluding hydrogens is 1620 g/mol. The van der Waals surface area contributed by atoms with Crippen molar-refractivity contribution in [2.75, 3.05) is 27.8 Å². The molecule has 0 bridgehead atoms. The first kappa shape index (κ1) is 75.8. The lowest BCUT2D eigenvalue weighted by Crippen LogP contribution is -2.16. The molecule has 0 spiro atoms. The summed E-state index contributed by atoms with van der Waals surface area (Å²) in [7, 11) is 0. The number of aromatic nitrogens is 10. The van der Waals surface area contributed by atoms with Gasteiger partial charge in [0.25, 0.3) is 27.8 Å². The Bertz CT molecular complexity index is 6140. The number of carboxylic acid groups (broad SMARTS) is 1. The highest BCUT2D eigenvalue weighted by atomic mass is 79.9. The molecule has 5 aromatic heterocycles. The number of aryl methyl sites for hydroxylation is 2. The number of nitrogens with zero attached hydrogens (tertiary/aromatic N) is 5. The molecule has 107 heavy (non-hydrogen) atoms. The molecule has 14 N–H and O–H groups in total. The lowest BCUT2D eigenvalue weighted by atomic mass is 10.1. The van der Waals surface area contributed by atoms with Gasteiger partial charge in [-0.05, 0) is 171 Å². The number of fused-ring (bicyclic) bond motifs is 5. The molecule has 15 aromatic rings. The summed E-state index contributed by atoms with van der Waals surface area (Å²) >= 11 is 13.5. The summed E-state index contributed by atoms with van der Waals surface area (Å²) in [6.45, 7) is 5.35. The van der Waals surface area contributed by atoms with E-state index in [1.54, 1.807) is 84.9 Å². The Kier molecular flexibility index (Phi) is 24.1. The molecule has 0 saturated carbocycles. The van der Waals surface area contributed by atoms with Crippen molar-refractivity contribution in [3.63, 3.8) is 0 Å². The van der Waals surface area contributed by atoms with Crippen LogP contribution in [0.5, 0.6) is 0 Å². The number of H-pyrrole nitrogens is 5. The highest BCUT2D eigenvalue weighted by molar-refractivity contribution is 9.11. The maximum atomic E-state index is 12.5. The number of aliphatic carboxylic acids is 1. The van der Waals surface area contributed by atoms with Gasteiger partial charge in [-0.2, -0.15) is 0 Å². The Labute approximate surface area is 641 Å². The van der Waals surface area contributed by atoms with Gasteiger partial charge in [0.1, 0.15) is 28.5 Å². The van der Waals surface area contributed by atoms with Gasteiger partial charge >= 0.3 is 5.97 Å². The quantitative estimate of drug-likeness (QED) is 0.0536. The van der Waals surface area contributed by atoms with Gasteiger partial charge in [-0.1, -0.05) is 130 Å². The Morgan fingerprint density at radius 3 is 1.05 bits per heavy atom. The zero-order chi connectivity index (χ0) is 76.2. The fraction of sp³-hybridized carbons (Fsp3) is 0.0759. The fourth-order valence-electron chi connectivity index (χ4n) is 11.0. The molecule has 28 heteroatoms. The first-order valence-electron chi connectivity index (χ1n) is 32.7. The monoisotopic (exact) mass is 1680 g/mol. The first-order chi connectivity index (χ1) is 51.3. The van der Waals surface area contributed by atoms with E-state index in [1.165, 1.54) is 6.92 Å². The van der Waals surface area contributed by atoms with Gasteiger partial charge in [-0.25, -0.2) is 24.9 Å². The predicted molar refractivity (Wildman–Crippen MR) is 437 cm³/mol. The molecule has 5 heterocycles. The molecule has 0 saturated heterocycles. The van der Waals surface area contributed by atoms with Crippen molar-refractivity contribution in [2.24, 2.45) is 0 Å². The Hall–Kier alpha value is -12.4. The molecule has 0 fully saturated rings. The Morgan fingerprint density at radius 2 is 0.664 bits per heavy atom. The minimum absolute atomic E-state index is 0.0727. The highest BCUT2D eigenvalue weighted by Gasteiger charge is 2.19. The first-order valence-corrected chi connectivity index (χ1v) is 35.8. The van der Waals surface area contributed by atoms with Gasteiger partial charge < -0.3 is 57.9 Å². The molecule has 536 valence electrons. The fourth-order valence-corrected chi connectivity index (χ4v) is 12.5. The van der Waals surface area contributed by atoms with Gasteiger partial charge in [0.2, 0.25) is 11.8 Å². The van der Waals surface area contributed by atoms with Crippen LogP contribution in [0.15, 0.2) is 248 Å². The zero-order valence-corrected chi connectivity index (χ0v) is 63.3. The standard InChI is InChI=1S/C19H16BrN3O4.C16H12BrN3O2.C15H12BrN3O.C15H13N3O.C14H10BrN3O/c20-11-8-9-13(21-16(24)6-3-7-17(25)26)12(10-11)18-19(27)23-15-5-2-1-4-14(15)22-18;1-9(21)18-12-7-6-10(17)8-11(12)15-16(22)20-14-5-3-2-4-13(14)19-15;1-8-2-5-12-13(6-8)19-15(20)14(18-12)10-7-9(16)3-4-11(10)17;1-9-6-7-11(16)10(8-9)14-15(19)18-13-5-3-2-4-12(13)17-14;15-8-5-6-10(16)9(7-8)13-14(19)18-12-4-2-1-3-11(12)17-13/h1-2,4-5,8-10H,3,6-7H2,(H,21,24)(H,23,27)(H,25,26);2-8H,1H3,(H,18,21)(H,20,22);2-7H,17H2,1H3,(H,19,20);2-8H,16H2,1H3,(H,18,19);1-7H,16H2,(H,18,19). The molecule has 15 rings (SSSR count). The molecule has 0 aliphatic heterocycles. The topological polar surface area (TPSA) is 402 Å². The minimum Gasteiger partial charge on any atom is -0.481 e. The number of rotatable bonds is 11. The lowest BCUT2D eigenvalue weighted by molar-refractivity contribution is -0.137. The Morgan fingerprint density at radius 1 is 0.364 bits per heavy atom. The largest absolute Gasteiger partial charge is 0.481 e. The van der Waals surface area contributed by atoms with E-state index in [-0.39, 0.29) is 70.3 Å². The van der Waals surface area contributed by atoms with E-state index >= 15 is 0 Å². The third-order valence-electron chi connectivity index (χ3n) is 16.1. The molecule has 24 nitrogen and oxygen atoms in total. The number of carboxylic acids is 1. The van der Waals surface area contributed by atoms with E-state index in [1.807, 2.05) is 135 Å². The van der Waals surface area contributed by atoms with Crippen LogP contribution in [0, 0.1) is 13.8 Å². The number of amides is 2. The molecule has 0 unspecified atom stereocenters. The number of hydrogen-bond donors (Lipinski definition) is 11. The maximum Gasteiger partial charge on any atom is 0.303 e. The van der Waals surface area contributed by atoms with Gasteiger partial charge in [0.15, 0.2) is 0 Å². The van der Waals surface area contributed by atoms with Crippen LogP contribution in [0.1, 0.15) is 37.3 Å². The predicted octanol–water partition coefficient (Wildman–Crippen LogP) is 15.5.